The van der Waals surface area contributed by atoms with E-state index in [1.54, 1.807) is 18.2 Å². The molecule has 94 valence electrons. The number of anilines is 1. The number of aromatic nitrogens is 3. The number of fused-ring (bicyclic) bond motifs is 1. The minimum Gasteiger partial charge on any atom is -0.349 e. The normalized spacial score (nSPS) is 10.6. The van der Waals surface area contributed by atoms with Crippen molar-refractivity contribution in [2.75, 3.05) is 5.32 Å². The number of nitrogens with one attached hydrogen (secondary N) is 1. The van der Waals surface area contributed by atoms with Gasteiger partial charge >= 0.3 is 0 Å². The highest BCUT2D eigenvalue weighted by Crippen LogP contribution is 2.11. The third kappa shape index (κ3) is 2.49. The van der Waals surface area contributed by atoms with Gasteiger partial charge in [0.15, 0.2) is 0 Å². The van der Waals surface area contributed by atoms with Gasteiger partial charge in [-0.25, -0.2) is 9.37 Å². The first-order valence-electron chi connectivity index (χ1n) is 5.90. The van der Waals surface area contributed by atoms with Crippen molar-refractivity contribution in [3.63, 3.8) is 0 Å². The van der Waals surface area contributed by atoms with Crippen molar-refractivity contribution >= 4 is 17.0 Å². The SMILES string of the molecule is Fc1ccccc1CNc1nnc2ccccc2n1. The third-order valence-electron chi connectivity index (χ3n) is 2.76. The molecule has 0 saturated carbocycles. The number of benzene rings is 2. The highest BCUT2D eigenvalue weighted by atomic mass is 19.1. The maximum absolute atomic E-state index is 13.4. The molecule has 0 saturated heterocycles. The Morgan fingerprint density at radius 2 is 1.63 bits per heavy atom. The molecule has 1 N–H and O–H groups in total. The fraction of sp³-hybridized carbons (Fsp3) is 0.0714. The van der Waals surface area contributed by atoms with Gasteiger partial charge in [-0.05, 0) is 18.2 Å². The van der Waals surface area contributed by atoms with Crippen molar-refractivity contribution in [3.05, 3.63) is 59.9 Å². The minimum atomic E-state index is -0.247. The molecule has 19 heavy (non-hydrogen) atoms. The first-order valence-corrected chi connectivity index (χ1v) is 5.90. The molecule has 0 unspecified atom stereocenters. The molecule has 0 aliphatic carbocycles. The van der Waals surface area contributed by atoms with E-state index in [1.807, 2.05) is 24.3 Å². The average Bonchev–Trinajstić information content (AvgIpc) is 2.46. The van der Waals surface area contributed by atoms with Gasteiger partial charge in [0, 0.05) is 12.1 Å². The van der Waals surface area contributed by atoms with Gasteiger partial charge in [0.05, 0.1) is 5.52 Å². The van der Waals surface area contributed by atoms with E-state index in [4.69, 9.17) is 0 Å². The Kier molecular flexibility index (Phi) is 3.02. The van der Waals surface area contributed by atoms with Gasteiger partial charge in [0.2, 0.25) is 5.95 Å². The third-order valence-corrected chi connectivity index (χ3v) is 2.76. The molecule has 5 heteroatoms. The standard InChI is InChI=1S/C14H11FN4/c15-11-6-2-1-5-10(11)9-16-14-17-12-7-3-4-8-13(12)18-19-14/h1-8H,9H2,(H,16,17,19). The second kappa shape index (κ2) is 4.97. The summed E-state index contributed by atoms with van der Waals surface area (Å²) in [4.78, 5) is 4.31. The van der Waals surface area contributed by atoms with E-state index in [1.165, 1.54) is 6.07 Å². The van der Waals surface area contributed by atoms with Crippen LogP contribution >= 0.6 is 0 Å². The van der Waals surface area contributed by atoms with Crippen molar-refractivity contribution in [3.8, 4) is 0 Å². The molecular weight excluding hydrogens is 243 g/mol. The van der Waals surface area contributed by atoms with Crippen LogP contribution in [-0.2, 0) is 6.54 Å². The first kappa shape index (κ1) is 11.5. The Bertz CT molecular complexity index is 714. The van der Waals surface area contributed by atoms with Crippen LogP contribution in [0.15, 0.2) is 48.5 Å². The molecule has 0 spiro atoms. The van der Waals surface area contributed by atoms with Crippen LogP contribution in [0.2, 0.25) is 0 Å². The number of hydrogen-bond acceptors (Lipinski definition) is 4. The van der Waals surface area contributed by atoms with Crippen LogP contribution in [0.4, 0.5) is 10.3 Å². The predicted octanol–water partition coefficient (Wildman–Crippen LogP) is 2.78. The van der Waals surface area contributed by atoms with Crippen LogP contribution in [0.25, 0.3) is 11.0 Å². The summed E-state index contributed by atoms with van der Waals surface area (Å²) >= 11 is 0. The second-order valence-electron chi connectivity index (χ2n) is 4.07. The van der Waals surface area contributed by atoms with E-state index in [-0.39, 0.29) is 5.82 Å². The number of rotatable bonds is 3. The molecule has 0 radical (unpaired) electrons. The van der Waals surface area contributed by atoms with Crippen LogP contribution in [0, 0.1) is 5.82 Å². The van der Waals surface area contributed by atoms with Crippen molar-refractivity contribution in [1.82, 2.24) is 15.2 Å². The molecule has 0 aliphatic heterocycles. The van der Waals surface area contributed by atoms with Crippen LogP contribution < -0.4 is 5.32 Å². The first-order chi connectivity index (χ1) is 9.33. The molecular formula is C14H11FN4. The molecule has 0 atom stereocenters. The quantitative estimate of drug-likeness (QED) is 0.780. The van der Waals surface area contributed by atoms with Crippen LogP contribution in [0.1, 0.15) is 5.56 Å². The summed E-state index contributed by atoms with van der Waals surface area (Å²) in [6.45, 7) is 0.326. The fourth-order valence-electron chi connectivity index (χ4n) is 1.77. The maximum Gasteiger partial charge on any atom is 0.243 e. The lowest BCUT2D eigenvalue weighted by Crippen LogP contribution is -2.06. The van der Waals surface area contributed by atoms with Gasteiger partial charge in [-0.1, -0.05) is 30.3 Å². The summed E-state index contributed by atoms with van der Waals surface area (Å²) in [7, 11) is 0. The Morgan fingerprint density at radius 1 is 0.895 bits per heavy atom. The van der Waals surface area contributed by atoms with E-state index in [0.29, 0.717) is 18.1 Å². The van der Waals surface area contributed by atoms with Gasteiger partial charge in [0.1, 0.15) is 11.3 Å². The fourth-order valence-corrected chi connectivity index (χ4v) is 1.77. The smallest absolute Gasteiger partial charge is 0.243 e. The lowest BCUT2D eigenvalue weighted by molar-refractivity contribution is 0.612. The topological polar surface area (TPSA) is 50.7 Å². The van der Waals surface area contributed by atoms with Crippen molar-refractivity contribution in [2.45, 2.75) is 6.54 Å². The molecule has 1 heterocycles. The summed E-state index contributed by atoms with van der Waals surface area (Å²) < 4.78 is 13.4. The number of hydrogen-bond donors (Lipinski definition) is 1. The summed E-state index contributed by atoms with van der Waals surface area (Å²) in [5.41, 5.74) is 2.06. The van der Waals surface area contributed by atoms with E-state index in [2.05, 4.69) is 20.5 Å². The average molecular weight is 254 g/mol. The molecule has 0 bridgehead atoms. The lowest BCUT2D eigenvalue weighted by atomic mass is 10.2. The maximum atomic E-state index is 13.4. The minimum absolute atomic E-state index is 0.247. The molecule has 0 fully saturated rings. The Hall–Kier alpha value is -2.56. The Morgan fingerprint density at radius 3 is 2.47 bits per heavy atom. The summed E-state index contributed by atoms with van der Waals surface area (Å²) in [6, 6.07) is 14.1. The zero-order valence-electron chi connectivity index (χ0n) is 10.0. The van der Waals surface area contributed by atoms with Gasteiger partial charge in [-0.3, -0.25) is 0 Å². The van der Waals surface area contributed by atoms with E-state index in [0.717, 1.165) is 11.0 Å². The second-order valence-corrected chi connectivity index (χ2v) is 4.07. The monoisotopic (exact) mass is 254 g/mol. The zero-order chi connectivity index (χ0) is 13.1. The highest BCUT2D eigenvalue weighted by Gasteiger charge is 2.03. The van der Waals surface area contributed by atoms with Crippen LogP contribution in [-0.4, -0.2) is 15.2 Å². The van der Waals surface area contributed by atoms with E-state index < -0.39 is 0 Å². The molecule has 1 aromatic heterocycles. The molecule has 3 aromatic rings. The molecule has 0 amide bonds. The van der Waals surface area contributed by atoms with Crippen molar-refractivity contribution in [1.29, 1.82) is 0 Å². The molecule has 2 aromatic carbocycles. The van der Waals surface area contributed by atoms with Gasteiger partial charge in [0.25, 0.3) is 0 Å². The summed E-state index contributed by atoms with van der Waals surface area (Å²) in [5.74, 6) is 0.144. The highest BCUT2D eigenvalue weighted by molar-refractivity contribution is 5.74. The number of halogens is 1. The lowest BCUT2D eigenvalue weighted by Gasteiger charge is -2.05. The Balaban J connectivity index is 1.80. The van der Waals surface area contributed by atoms with Crippen LogP contribution in [0.3, 0.4) is 0 Å². The number of para-hydroxylation sites is 1. The van der Waals surface area contributed by atoms with E-state index >= 15 is 0 Å². The van der Waals surface area contributed by atoms with E-state index in [9.17, 15) is 4.39 Å². The van der Waals surface area contributed by atoms with Crippen LogP contribution in [0.5, 0.6) is 0 Å². The summed E-state index contributed by atoms with van der Waals surface area (Å²) in [5, 5.41) is 11.0. The zero-order valence-corrected chi connectivity index (χ0v) is 10.0. The predicted molar refractivity (Wildman–Crippen MR) is 71.1 cm³/mol. The molecule has 4 nitrogen and oxygen atoms in total. The molecule has 3 rings (SSSR count). The summed E-state index contributed by atoms with van der Waals surface area (Å²) in [6.07, 6.45) is 0. The number of nitrogens with zero attached hydrogens (tertiary/aromatic N) is 3. The van der Waals surface area contributed by atoms with Gasteiger partial charge < -0.3 is 5.32 Å². The van der Waals surface area contributed by atoms with Crippen molar-refractivity contribution < 1.29 is 4.39 Å². The van der Waals surface area contributed by atoms with Crippen molar-refractivity contribution in [2.24, 2.45) is 0 Å². The largest absolute Gasteiger partial charge is 0.349 e. The van der Waals surface area contributed by atoms with Gasteiger partial charge in [-0.2, -0.15) is 0 Å². The van der Waals surface area contributed by atoms with Gasteiger partial charge in [-0.15, -0.1) is 10.2 Å². The molecule has 0 aliphatic rings. The Labute approximate surface area is 109 Å².